The van der Waals surface area contributed by atoms with Crippen LogP contribution in [-0.4, -0.2) is 37.0 Å². The largest absolute Gasteiger partial charge is 0.355 e. The summed E-state index contributed by atoms with van der Waals surface area (Å²) < 4.78 is 0. The highest BCUT2D eigenvalue weighted by molar-refractivity contribution is 5.78. The van der Waals surface area contributed by atoms with Crippen LogP contribution in [0.4, 0.5) is 0 Å². The molecule has 1 amide bonds. The van der Waals surface area contributed by atoms with Gasteiger partial charge in [-0.05, 0) is 32.9 Å². The molecule has 1 aliphatic rings. The van der Waals surface area contributed by atoms with E-state index in [0.29, 0.717) is 13.1 Å². The molecule has 0 unspecified atom stereocenters. The number of piperidine rings is 1. The van der Waals surface area contributed by atoms with E-state index < -0.39 is 0 Å². The van der Waals surface area contributed by atoms with Crippen molar-refractivity contribution in [3.8, 4) is 0 Å². The fourth-order valence-electron chi connectivity index (χ4n) is 1.52. The monoisotopic (exact) mass is 169 g/mol. The summed E-state index contributed by atoms with van der Waals surface area (Å²) in [6.07, 6.45) is 3.78. The van der Waals surface area contributed by atoms with Gasteiger partial charge in [0.2, 0.25) is 5.91 Å². The molecule has 1 fully saturated rings. The summed E-state index contributed by atoms with van der Waals surface area (Å²) in [7, 11) is 0. The molecule has 1 N–H and O–H groups in total. The van der Waals surface area contributed by atoms with E-state index in [1.165, 1.54) is 19.3 Å². The topological polar surface area (TPSA) is 32.3 Å². The zero-order valence-corrected chi connectivity index (χ0v) is 7.51. The summed E-state index contributed by atoms with van der Waals surface area (Å²) in [6.45, 7) is 6.76. The highest BCUT2D eigenvalue weighted by Gasteiger charge is 2.12. The van der Waals surface area contributed by atoms with Crippen LogP contribution < -0.4 is 5.32 Å². The van der Waals surface area contributed by atoms with Crippen LogP contribution in [0.1, 0.15) is 19.3 Å². The van der Waals surface area contributed by atoms with Crippen LogP contribution in [0.2, 0.25) is 0 Å². The number of likely N-dealkylation sites (tertiary alicyclic amines) is 1. The van der Waals surface area contributed by atoms with Gasteiger partial charge >= 0.3 is 0 Å². The van der Waals surface area contributed by atoms with Crippen molar-refractivity contribution in [3.05, 3.63) is 6.92 Å². The van der Waals surface area contributed by atoms with Crippen molar-refractivity contribution in [2.45, 2.75) is 19.3 Å². The Morgan fingerprint density at radius 2 is 2.00 bits per heavy atom. The summed E-state index contributed by atoms with van der Waals surface area (Å²) >= 11 is 0. The maximum Gasteiger partial charge on any atom is 0.234 e. The standard InChI is InChI=1S/C9H17N2O/c1-2-10-9(12)8-11-6-4-3-5-7-11/h1-8H2,(H,10,12). The Morgan fingerprint density at radius 3 is 2.58 bits per heavy atom. The van der Waals surface area contributed by atoms with Gasteiger partial charge in [0.1, 0.15) is 0 Å². The molecule has 0 aromatic carbocycles. The van der Waals surface area contributed by atoms with Crippen LogP contribution in [-0.2, 0) is 4.79 Å². The van der Waals surface area contributed by atoms with Crippen LogP contribution in [0.15, 0.2) is 0 Å². The number of hydrogen-bond acceptors (Lipinski definition) is 2. The molecule has 1 aliphatic heterocycles. The quantitative estimate of drug-likeness (QED) is 0.664. The van der Waals surface area contributed by atoms with E-state index in [2.05, 4.69) is 17.1 Å². The number of carbonyl (C=O) groups excluding carboxylic acids is 1. The summed E-state index contributed by atoms with van der Waals surface area (Å²) in [5, 5.41) is 2.70. The highest BCUT2D eigenvalue weighted by atomic mass is 16.2. The number of nitrogens with one attached hydrogen (secondary N) is 1. The average Bonchev–Trinajstić information content (AvgIpc) is 2.06. The minimum atomic E-state index is 0.104. The number of amides is 1. The predicted molar refractivity (Wildman–Crippen MR) is 48.7 cm³/mol. The summed E-state index contributed by atoms with van der Waals surface area (Å²) in [5.41, 5.74) is 0. The Morgan fingerprint density at radius 1 is 1.33 bits per heavy atom. The van der Waals surface area contributed by atoms with E-state index >= 15 is 0 Å². The molecule has 0 saturated carbocycles. The van der Waals surface area contributed by atoms with Gasteiger partial charge in [0.25, 0.3) is 0 Å². The number of nitrogens with zero attached hydrogens (tertiary/aromatic N) is 1. The van der Waals surface area contributed by atoms with Gasteiger partial charge in [0.15, 0.2) is 0 Å². The Kier molecular flexibility index (Phi) is 4.08. The Hall–Kier alpha value is -0.570. The Labute approximate surface area is 74.1 Å². The van der Waals surface area contributed by atoms with Gasteiger partial charge in [-0.1, -0.05) is 6.42 Å². The minimum absolute atomic E-state index is 0.104. The first kappa shape index (κ1) is 9.52. The molecule has 1 rings (SSSR count). The predicted octanol–water partition coefficient (Wildman–Crippen LogP) is 0.423. The van der Waals surface area contributed by atoms with Crippen LogP contribution in [0.3, 0.4) is 0 Å². The second-order valence-electron chi connectivity index (χ2n) is 3.19. The first-order valence-electron chi connectivity index (χ1n) is 4.61. The van der Waals surface area contributed by atoms with E-state index in [0.717, 1.165) is 13.1 Å². The van der Waals surface area contributed by atoms with E-state index in [4.69, 9.17) is 0 Å². The van der Waals surface area contributed by atoms with Gasteiger partial charge < -0.3 is 5.32 Å². The third-order valence-corrected chi connectivity index (χ3v) is 2.14. The smallest absolute Gasteiger partial charge is 0.234 e. The van der Waals surface area contributed by atoms with E-state index in [1.807, 2.05) is 0 Å². The molecule has 0 bridgehead atoms. The lowest BCUT2D eigenvalue weighted by atomic mass is 10.1. The van der Waals surface area contributed by atoms with Crippen LogP contribution in [0, 0.1) is 6.92 Å². The van der Waals surface area contributed by atoms with E-state index in [-0.39, 0.29) is 5.91 Å². The zero-order valence-electron chi connectivity index (χ0n) is 7.51. The zero-order chi connectivity index (χ0) is 8.81. The van der Waals surface area contributed by atoms with Crippen molar-refractivity contribution in [1.29, 1.82) is 0 Å². The lowest BCUT2D eigenvalue weighted by Crippen LogP contribution is -2.39. The van der Waals surface area contributed by atoms with Gasteiger partial charge in [-0.2, -0.15) is 0 Å². The second kappa shape index (κ2) is 5.14. The third kappa shape index (κ3) is 3.22. The van der Waals surface area contributed by atoms with Crippen LogP contribution in [0.25, 0.3) is 0 Å². The van der Waals surface area contributed by atoms with Crippen molar-refractivity contribution in [1.82, 2.24) is 10.2 Å². The molecular formula is C9H17N2O. The molecule has 0 atom stereocenters. The molecule has 0 spiro atoms. The Balaban J connectivity index is 2.15. The maximum atomic E-state index is 11.1. The molecule has 1 saturated heterocycles. The second-order valence-corrected chi connectivity index (χ2v) is 3.19. The normalized spacial score (nSPS) is 19.1. The molecule has 0 aromatic rings. The van der Waals surface area contributed by atoms with Crippen molar-refractivity contribution in [3.63, 3.8) is 0 Å². The number of carbonyl (C=O) groups is 1. The van der Waals surface area contributed by atoms with Crippen molar-refractivity contribution < 1.29 is 4.79 Å². The molecule has 3 heteroatoms. The Bertz CT molecular complexity index is 141. The van der Waals surface area contributed by atoms with Gasteiger partial charge in [-0.25, -0.2) is 0 Å². The number of rotatable bonds is 3. The minimum Gasteiger partial charge on any atom is -0.355 e. The fourth-order valence-corrected chi connectivity index (χ4v) is 1.52. The van der Waals surface area contributed by atoms with Crippen molar-refractivity contribution >= 4 is 5.91 Å². The van der Waals surface area contributed by atoms with E-state index in [9.17, 15) is 4.79 Å². The average molecular weight is 169 g/mol. The molecule has 1 radical (unpaired) electrons. The van der Waals surface area contributed by atoms with Gasteiger partial charge in [-0.15, -0.1) is 0 Å². The van der Waals surface area contributed by atoms with Gasteiger partial charge in [0.05, 0.1) is 6.54 Å². The molecule has 1 heterocycles. The lowest BCUT2D eigenvalue weighted by molar-refractivity contribution is -0.122. The molecule has 12 heavy (non-hydrogen) atoms. The maximum absolute atomic E-state index is 11.1. The van der Waals surface area contributed by atoms with Crippen LogP contribution >= 0.6 is 0 Å². The lowest BCUT2D eigenvalue weighted by Gasteiger charge is -2.25. The van der Waals surface area contributed by atoms with Gasteiger partial charge in [-0.3, -0.25) is 9.69 Å². The molecular weight excluding hydrogens is 152 g/mol. The molecule has 0 aromatic heterocycles. The van der Waals surface area contributed by atoms with Crippen molar-refractivity contribution in [2.75, 3.05) is 26.2 Å². The van der Waals surface area contributed by atoms with Crippen LogP contribution in [0.5, 0.6) is 0 Å². The molecule has 0 aliphatic carbocycles. The summed E-state index contributed by atoms with van der Waals surface area (Å²) in [5.74, 6) is 0.104. The third-order valence-electron chi connectivity index (χ3n) is 2.14. The summed E-state index contributed by atoms with van der Waals surface area (Å²) in [6, 6.07) is 0. The number of hydrogen-bond donors (Lipinski definition) is 1. The van der Waals surface area contributed by atoms with Crippen molar-refractivity contribution in [2.24, 2.45) is 0 Å². The highest BCUT2D eigenvalue weighted by Crippen LogP contribution is 2.07. The fraction of sp³-hybridized carbons (Fsp3) is 0.778. The van der Waals surface area contributed by atoms with E-state index in [1.54, 1.807) is 0 Å². The van der Waals surface area contributed by atoms with Gasteiger partial charge in [0, 0.05) is 6.54 Å². The SMILES string of the molecule is [CH2]CNC(=O)CN1CCCCC1. The first-order chi connectivity index (χ1) is 5.83. The summed E-state index contributed by atoms with van der Waals surface area (Å²) in [4.78, 5) is 13.3. The first-order valence-corrected chi connectivity index (χ1v) is 4.61. The molecule has 69 valence electrons. The molecule has 3 nitrogen and oxygen atoms in total.